The maximum Gasteiger partial charge on any atom is 0.257 e. The maximum atomic E-state index is 12.7. The van der Waals surface area contributed by atoms with Gasteiger partial charge in [-0.05, 0) is 36.4 Å². The molecule has 1 aliphatic heterocycles. The van der Waals surface area contributed by atoms with Crippen LogP contribution in [0, 0.1) is 0 Å². The van der Waals surface area contributed by atoms with Crippen LogP contribution >= 0.6 is 11.3 Å². The number of carbonyl (C=O) groups excluding carboxylic acids is 1. The molecule has 0 unspecified atom stereocenters. The Kier molecular flexibility index (Phi) is 5.85. The van der Waals surface area contributed by atoms with Crippen LogP contribution in [0.2, 0.25) is 0 Å². The second kappa shape index (κ2) is 8.87. The fraction of sp³-hybridized carbons (Fsp3) is 0.182. The summed E-state index contributed by atoms with van der Waals surface area (Å²) in [6.07, 6.45) is 1.64. The summed E-state index contributed by atoms with van der Waals surface area (Å²) in [5.74, 6) is 2.16. The number of amides is 1. The Labute approximate surface area is 177 Å². The van der Waals surface area contributed by atoms with Gasteiger partial charge in [0.25, 0.3) is 5.91 Å². The van der Waals surface area contributed by atoms with E-state index in [-0.39, 0.29) is 5.91 Å². The van der Waals surface area contributed by atoms with Crippen LogP contribution in [-0.2, 0) is 0 Å². The quantitative estimate of drug-likeness (QED) is 0.566. The van der Waals surface area contributed by atoms with E-state index in [2.05, 4.69) is 16.9 Å². The Morgan fingerprint density at radius 1 is 1.20 bits per heavy atom. The molecule has 3 aromatic rings. The van der Waals surface area contributed by atoms with E-state index in [1.54, 1.807) is 24.3 Å². The number of nitrogens with one attached hydrogen (secondary N) is 1. The van der Waals surface area contributed by atoms with Crippen molar-refractivity contribution in [2.75, 3.05) is 32.2 Å². The molecule has 0 saturated carbocycles. The van der Waals surface area contributed by atoms with E-state index in [0.29, 0.717) is 47.8 Å². The Morgan fingerprint density at radius 3 is 2.83 bits per heavy atom. The van der Waals surface area contributed by atoms with Crippen molar-refractivity contribution in [1.29, 1.82) is 0 Å². The summed E-state index contributed by atoms with van der Waals surface area (Å²) in [6.45, 7) is 5.04. The summed E-state index contributed by atoms with van der Waals surface area (Å²) >= 11 is 1.35. The van der Waals surface area contributed by atoms with E-state index in [1.807, 2.05) is 23.6 Å². The zero-order valence-electron chi connectivity index (χ0n) is 16.3. The highest BCUT2D eigenvalue weighted by atomic mass is 32.1. The van der Waals surface area contributed by atoms with Gasteiger partial charge in [-0.1, -0.05) is 12.7 Å². The third kappa shape index (κ3) is 4.23. The van der Waals surface area contributed by atoms with Crippen molar-refractivity contribution < 1.29 is 23.7 Å². The van der Waals surface area contributed by atoms with Gasteiger partial charge in [0.1, 0.15) is 19.8 Å². The van der Waals surface area contributed by atoms with Gasteiger partial charge in [0.15, 0.2) is 28.1 Å². The highest BCUT2D eigenvalue weighted by Crippen LogP contribution is 2.35. The molecular weight excluding hydrogens is 404 g/mol. The number of ether oxygens (including phenoxy) is 4. The van der Waals surface area contributed by atoms with E-state index in [9.17, 15) is 4.79 Å². The summed E-state index contributed by atoms with van der Waals surface area (Å²) in [4.78, 5) is 17.2. The minimum absolute atomic E-state index is 0.286. The van der Waals surface area contributed by atoms with Crippen molar-refractivity contribution in [3.8, 4) is 34.3 Å². The lowest BCUT2D eigenvalue weighted by molar-refractivity contribution is 0.102. The fourth-order valence-corrected chi connectivity index (χ4v) is 3.63. The molecule has 0 aliphatic carbocycles. The van der Waals surface area contributed by atoms with Crippen LogP contribution < -0.4 is 24.3 Å². The molecule has 1 N–H and O–H groups in total. The molecule has 0 spiro atoms. The Morgan fingerprint density at radius 2 is 2.03 bits per heavy atom. The predicted octanol–water partition coefficient (Wildman–Crippen LogP) is 4.41. The van der Waals surface area contributed by atoms with Gasteiger partial charge in [-0.2, -0.15) is 0 Å². The topological polar surface area (TPSA) is 78.9 Å². The molecule has 0 atom stereocenters. The van der Waals surface area contributed by atoms with Gasteiger partial charge < -0.3 is 18.9 Å². The number of hydrogen-bond donors (Lipinski definition) is 1. The number of benzene rings is 2. The molecule has 0 bridgehead atoms. The standard InChI is InChI=1S/C22H20N2O5S/c1-3-8-27-17-7-5-15(12-19(17)26-2)21(25)24-22-23-16(13-30-22)14-4-6-18-20(11-14)29-10-9-28-18/h3-7,11-13H,1,8-10H2,2H3,(H,23,24,25). The minimum Gasteiger partial charge on any atom is -0.493 e. The van der Waals surface area contributed by atoms with Crippen molar-refractivity contribution in [2.45, 2.75) is 0 Å². The van der Waals surface area contributed by atoms with E-state index >= 15 is 0 Å². The smallest absolute Gasteiger partial charge is 0.257 e. The largest absolute Gasteiger partial charge is 0.493 e. The molecule has 8 heteroatoms. The Balaban J connectivity index is 1.48. The van der Waals surface area contributed by atoms with Gasteiger partial charge in [0, 0.05) is 16.5 Å². The first-order valence-corrected chi connectivity index (χ1v) is 10.1. The second-order valence-electron chi connectivity index (χ2n) is 6.32. The van der Waals surface area contributed by atoms with Gasteiger partial charge in [0.05, 0.1) is 12.8 Å². The van der Waals surface area contributed by atoms with Crippen molar-refractivity contribution in [3.05, 3.63) is 60.0 Å². The summed E-state index contributed by atoms with van der Waals surface area (Å²) in [5, 5.41) is 5.20. The zero-order valence-corrected chi connectivity index (χ0v) is 17.2. The van der Waals surface area contributed by atoms with Crippen molar-refractivity contribution in [2.24, 2.45) is 0 Å². The number of nitrogens with zero attached hydrogens (tertiary/aromatic N) is 1. The monoisotopic (exact) mass is 424 g/mol. The molecule has 0 saturated heterocycles. The normalized spacial score (nSPS) is 12.2. The van der Waals surface area contributed by atoms with Crippen LogP contribution in [0.5, 0.6) is 23.0 Å². The lowest BCUT2D eigenvalue weighted by Crippen LogP contribution is -2.15. The van der Waals surface area contributed by atoms with Gasteiger partial charge in [-0.3, -0.25) is 10.1 Å². The number of fused-ring (bicyclic) bond motifs is 1. The molecule has 1 aliphatic rings. The predicted molar refractivity (Wildman–Crippen MR) is 115 cm³/mol. The molecule has 154 valence electrons. The summed E-state index contributed by atoms with van der Waals surface area (Å²) < 4.78 is 22.0. The third-order valence-corrected chi connectivity index (χ3v) is 5.10. The number of rotatable bonds is 7. The molecule has 1 aromatic heterocycles. The Hall–Kier alpha value is -3.52. The summed E-state index contributed by atoms with van der Waals surface area (Å²) in [6, 6.07) is 10.7. The van der Waals surface area contributed by atoms with Gasteiger partial charge >= 0.3 is 0 Å². The van der Waals surface area contributed by atoms with Crippen LogP contribution in [0.15, 0.2) is 54.4 Å². The average Bonchev–Trinajstić information content (AvgIpc) is 3.25. The highest BCUT2D eigenvalue weighted by molar-refractivity contribution is 7.14. The van der Waals surface area contributed by atoms with Gasteiger partial charge in [0.2, 0.25) is 0 Å². The Bertz CT molecular complexity index is 1080. The summed E-state index contributed by atoms with van der Waals surface area (Å²) in [5.41, 5.74) is 2.08. The van der Waals surface area contributed by atoms with E-state index < -0.39 is 0 Å². The third-order valence-electron chi connectivity index (χ3n) is 4.35. The van der Waals surface area contributed by atoms with Crippen LogP contribution in [0.3, 0.4) is 0 Å². The SMILES string of the molecule is C=CCOc1ccc(C(=O)Nc2nc(-c3ccc4c(c3)OCCO4)cs2)cc1OC. The van der Waals surface area contributed by atoms with E-state index in [4.69, 9.17) is 18.9 Å². The number of anilines is 1. The molecule has 0 fully saturated rings. The lowest BCUT2D eigenvalue weighted by Gasteiger charge is -2.18. The zero-order chi connectivity index (χ0) is 20.9. The fourth-order valence-electron chi connectivity index (χ4n) is 2.91. The van der Waals surface area contributed by atoms with Gasteiger partial charge in [-0.25, -0.2) is 4.98 Å². The van der Waals surface area contributed by atoms with Crippen LogP contribution in [0.1, 0.15) is 10.4 Å². The number of methoxy groups -OCH3 is 1. The number of carbonyl (C=O) groups is 1. The number of hydrogen-bond acceptors (Lipinski definition) is 7. The van der Waals surface area contributed by atoms with Crippen molar-refractivity contribution in [1.82, 2.24) is 4.98 Å². The average molecular weight is 424 g/mol. The van der Waals surface area contributed by atoms with Crippen molar-refractivity contribution in [3.63, 3.8) is 0 Å². The minimum atomic E-state index is -0.286. The summed E-state index contributed by atoms with van der Waals surface area (Å²) in [7, 11) is 1.53. The molecule has 7 nitrogen and oxygen atoms in total. The second-order valence-corrected chi connectivity index (χ2v) is 7.17. The number of aromatic nitrogens is 1. The molecule has 2 aromatic carbocycles. The molecule has 1 amide bonds. The van der Waals surface area contributed by atoms with Crippen LogP contribution in [0.4, 0.5) is 5.13 Å². The molecular formula is C22H20N2O5S. The first-order chi connectivity index (χ1) is 14.7. The lowest BCUT2D eigenvalue weighted by atomic mass is 10.1. The molecule has 0 radical (unpaired) electrons. The first kappa shape index (κ1) is 19.8. The van der Waals surface area contributed by atoms with E-state index in [0.717, 1.165) is 17.0 Å². The molecule has 2 heterocycles. The van der Waals surface area contributed by atoms with Crippen LogP contribution in [-0.4, -0.2) is 37.8 Å². The highest BCUT2D eigenvalue weighted by Gasteiger charge is 2.16. The molecule has 30 heavy (non-hydrogen) atoms. The van der Waals surface area contributed by atoms with E-state index in [1.165, 1.54) is 18.4 Å². The number of thiazole rings is 1. The van der Waals surface area contributed by atoms with Crippen LogP contribution in [0.25, 0.3) is 11.3 Å². The molecule has 4 rings (SSSR count). The van der Waals surface area contributed by atoms with Crippen molar-refractivity contribution >= 4 is 22.4 Å². The maximum absolute atomic E-state index is 12.7. The van der Waals surface area contributed by atoms with Gasteiger partial charge in [-0.15, -0.1) is 11.3 Å². The first-order valence-electron chi connectivity index (χ1n) is 9.26.